The summed E-state index contributed by atoms with van der Waals surface area (Å²) in [5, 5.41) is 5.51. The largest absolute Gasteiger partial charge is 0.444 e. The van der Waals surface area contributed by atoms with Crippen molar-refractivity contribution >= 4 is 34.8 Å². The highest BCUT2D eigenvalue weighted by atomic mass is 35.5. The van der Waals surface area contributed by atoms with Gasteiger partial charge in [0.15, 0.2) is 5.78 Å². The molecule has 0 bridgehead atoms. The summed E-state index contributed by atoms with van der Waals surface area (Å²) in [6.45, 7) is 8.76. The second-order valence-electron chi connectivity index (χ2n) is 9.73. The summed E-state index contributed by atoms with van der Waals surface area (Å²) >= 11 is 7.59. The van der Waals surface area contributed by atoms with Crippen LogP contribution in [0.3, 0.4) is 0 Å². The zero-order valence-electron chi connectivity index (χ0n) is 18.4. The molecule has 1 saturated carbocycles. The van der Waals surface area contributed by atoms with E-state index in [1.807, 2.05) is 32.2 Å². The van der Waals surface area contributed by atoms with Crippen LogP contribution in [0, 0.1) is 11.8 Å². The summed E-state index contributed by atoms with van der Waals surface area (Å²) in [6, 6.07) is 2.05. The van der Waals surface area contributed by atoms with Crippen LogP contribution >= 0.6 is 22.9 Å². The first kappa shape index (κ1) is 23.6. The molecular weight excluding hydrogens is 420 g/mol. The lowest BCUT2D eigenvalue weighted by molar-refractivity contribution is 0.0485. The molecule has 5 nitrogen and oxygen atoms in total. The Morgan fingerprint density at radius 2 is 1.83 bits per heavy atom. The number of halogens is 1. The summed E-state index contributed by atoms with van der Waals surface area (Å²) in [6.07, 6.45) is 7.14. The van der Waals surface area contributed by atoms with Gasteiger partial charge in [0.05, 0.1) is 9.90 Å². The van der Waals surface area contributed by atoms with Gasteiger partial charge in [0.25, 0.3) is 0 Å². The number of rotatable bonds is 6. The number of hydrogen-bond donors (Lipinski definition) is 1. The van der Waals surface area contributed by atoms with Crippen LogP contribution in [0.25, 0.3) is 0 Å². The fourth-order valence-corrected chi connectivity index (χ4v) is 5.68. The van der Waals surface area contributed by atoms with E-state index in [-0.39, 0.29) is 23.8 Å². The van der Waals surface area contributed by atoms with Crippen molar-refractivity contribution in [3.8, 4) is 0 Å². The number of piperidine rings is 1. The van der Waals surface area contributed by atoms with Gasteiger partial charge in [-0.2, -0.15) is 0 Å². The average molecular weight is 455 g/mol. The van der Waals surface area contributed by atoms with Gasteiger partial charge in [0.2, 0.25) is 0 Å². The minimum atomic E-state index is -0.449. The third-order valence-corrected chi connectivity index (χ3v) is 7.58. The first-order valence-electron chi connectivity index (χ1n) is 11.2. The lowest BCUT2D eigenvalue weighted by Gasteiger charge is -2.34. The number of alkyl carbamates (subject to hydrolysis) is 1. The highest BCUT2D eigenvalue weighted by molar-refractivity contribution is 7.12. The van der Waals surface area contributed by atoms with Crippen molar-refractivity contribution < 1.29 is 14.3 Å². The van der Waals surface area contributed by atoms with Gasteiger partial charge in [-0.3, -0.25) is 4.79 Å². The van der Waals surface area contributed by atoms with E-state index in [9.17, 15) is 9.59 Å². The Morgan fingerprint density at radius 1 is 1.17 bits per heavy atom. The lowest BCUT2D eigenvalue weighted by atomic mass is 9.84. The highest BCUT2D eigenvalue weighted by Crippen LogP contribution is 2.31. The van der Waals surface area contributed by atoms with Gasteiger partial charge < -0.3 is 15.0 Å². The molecule has 2 heterocycles. The molecule has 0 radical (unpaired) electrons. The first-order chi connectivity index (χ1) is 14.2. The molecule has 1 saturated heterocycles. The van der Waals surface area contributed by atoms with Gasteiger partial charge in [0.1, 0.15) is 5.60 Å². The maximum Gasteiger partial charge on any atom is 0.407 e. The number of thiophene rings is 1. The second kappa shape index (κ2) is 10.5. The Bertz CT molecular complexity index is 714. The topological polar surface area (TPSA) is 58.6 Å². The monoisotopic (exact) mass is 454 g/mol. The Kier molecular flexibility index (Phi) is 8.22. The minimum absolute atomic E-state index is 0.117. The molecule has 2 aliphatic rings. The van der Waals surface area contributed by atoms with E-state index in [0.717, 1.165) is 69.0 Å². The van der Waals surface area contributed by atoms with Crippen LogP contribution < -0.4 is 5.32 Å². The predicted molar refractivity (Wildman–Crippen MR) is 123 cm³/mol. The molecule has 1 amide bonds. The Hall–Kier alpha value is -1.11. The average Bonchev–Trinajstić information content (AvgIpc) is 3.12. The van der Waals surface area contributed by atoms with Gasteiger partial charge in [-0.1, -0.05) is 11.6 Å². The fraction of sp³-hybridized carbons (Fsp3) is 0.739. The number of carbonyl (C=O) groups is 2. The molecule has 0 unspecified atom stereocenters. The van der Waals surface area contributed by atoms with Crippen LogP contribution in [0.1, 0.15) is 75.4 Å². The van der Waals surface area contributed by atoms with Gasteiger partial charge in [-0.05, 0) is 103 Å². The van der Waals surface area contributed by atoms with Crippen molar-refractivity contribution in [1.82, 2.24) is 10.2 Å². The van der Waals surface area contributed by atoms with E-state index in [1.165, 1.54) is 17.8 Å². The van der Waals surface area contributed by atoms with Crippen LogP contribution in [-0.4, -0.2) is 48.1 Å². The van der Waals surface area contributed by atoms with Gasteiger partial charge >= 0.3 is 6.09 Å². The summed E-state index contributed by atoms with van der Waals surface area (Å²) < 4.78 is 5.36. The van der Waals surface area contributed by atoms with Crippen LogP contribution in [0.4, 0.5) is 4.79 Å². The van der Waals surface area contributed by atoms with Crippen molar-refractivity contribution in [2.75, 3.05) is 19.6 Å². The zero-order valence-corrected chi connectivity index (χ0v) is 20.0. The van der Waals surface area contributed by atoms with E-state index in [0.29, 0.717) is 5.02 Å². The Morgan fingerprint density at radius 3 is 2.40 bits per heavy atom. The molecule has 1 N–H and O–H groups in total. The first-order valence-corrected chi connectivity index (χ1v) is 12.5. The molecule has 2 fully saturated rings. The van der Waals surface area contributed by atoms with E-state index >= 15 is 0 Å². The number of hydrogen-bond acceptors (Lipinski definition) is 5. The van der Waals surface area contributed by atoms with Crippen molar-refractivity contribution in [1.29, 1.82) is 0 Å². The molecule has 1 aliphatic heterocycles. The number of nitrogens with zero attached hydrogens (tertiary/aromatic N) is 1. The number of likely N-dealkylation sites (tertiary alicyclic amines) is 1. The maximum atomic E-state index is 12.6. The molecule has 1 aromatic heterocycles. The van der Waals surface area contributed by atoms with Crippen LogP contribution in [0.2, 0.25) is 5.02 Å². The normalized spacial score (nSPS) is 23.9. The van der Waals surface area contributed by atoms with Crippen LogP contribution in [0.15, 0.2) is 11.4 Å². The quantitative estimate of drug-likeness (QED) is 0.554. The molecule has 0 atom stereocenters. The molecule has 7 heteroatoms. The Balaban J connectivity index is 1.32. The van der Waals surface area contributed by atoms with Crippen molar-refractivity contribution in [2.45, 2.75) is 77.4 Å². The number of amides is 1. The number of Topliss-reactive ketones (excluding diaryl/α,β-unsaturated/α-hetero) is 1. The molecule has 1 aliphatic carbocycles. The molecule has 0 aromatic carbocycles. The molecule has 1 aromatic rings. The molecular formula is C23H35ClN2O3S. The van der Waals surface area contributed by atoms with E-state index in [1.54, 1.807) is 0 Å². The number of carbonyl (C=O) groups excluding carboxylic acids is 2. The molecule has 0 spiro atoms. The maximum absolute atomic E-state index is 12.6. The van der Waals surface area contributed by atoms with E-state index < -0.39 is 5.60 Å². The highest BCUT2D eigenvalue weighted by Gasteiger charge is 2.29. The minimum Gasteiger partial charge on any atom is -0.444 e. The van der Waals surface area contributed by atoms with E-state index in [4.69, 9.17) is 16.3 Å². The van der Waals surface area contributed by atoms with Gasteiger partial charge in [-0.25, -0.2) is 4.79 Å². The third kappa shape index (κ3) is 6.96. The lowest BCUT2D eigenvalue weighted by Crippen LogP contribution is -2.41. The van der Waals surface area contributed by atoms with E-state index in [2.05, 4.69) is 10.2 Å². The zero-order chi connectivity index (χ0) is 21.7. The summed E-state index contributed by atoms with van der Waals surface area (Å²) in [5.74, 6) is 1.07. The number of ketones is 1. The van der Waals surface area contributed by atoms with Crippen LogP contribution in [0.5, 0.6) is 0 Å². The number of ether oxygens (including phenoxy) is 1. The SMILES string of the molecule is CC(C)(C)OC(=O)N[C@H]1CC[C@H](CCN2CCC(C(=O)c3sccc3Cl)CC2)CC1. The fourth-order valence-electron chi connectivity index (χ4n) is 4.51. The predicted octanol–water partition coefficient (Wildman–Crippen LogP) is 5.77. The standard InChI is InChI=1S/C23H35ClN2O3S/c1-23(2,3)29-22(28)25-18-6-4-16(5-7-18)8-12-26-13-9-17(10-14-26)20(27)21-19(24)11-15-30-21/h11,15-18H,4-10,12-14H2,1-3H3,(H,25,28)/t16-,18-. The van der Waals surface area contributed by atoms with Gasteiger partial charge in [0, 0.05) is 12.0 Å². The second-order valence-corrected chi connectivity index (χ2v) is 11.1. The summed E-state index contributed by atoms with van der Waals surface area (Å²) in [7, 11) is 0. The van der Waals surface area contributed by atoms with Gasteiger partial charge in [-0.15, -0.1) is 11.3 Å². The molecule has 3 rings (SSSR count). The van der Waals surface area contributed by atoms with Crippen molar-refractivity contribution in [2.24, 2.45) is 11.8 Å². The summed E-state index contributed by atoms with van der Waals surface area (Å²) in [4.78, 5) is 27.8. The molecule has 30 heavy (non-hydrogen) atoms. The van der Waals surface area contributed by atoms with Crippen molar-refractivity contribution in [3.63, 3.8) is 0 Å². The third-order valence-electron chi connectivity index (χ3n) is 6.22. The smallest absolute Gasteiger partial charge is 0.407 e. The summed E-state index contributed by atoms with van der Waals surface area (Å²) in [5.41, 5.74) is -0.449. The molecule has 168 valence electrons. The Labute approximate surface area is 189 Å². The van der Waals surface area contributed by atoms with Crippen molar-refractivity contribution in [3.05, 3.63) is 21.3 Å². The van der Waals surface area contributed by atoms with Crippen LogP contribution in [-0.2, 0) is 4.74 Å². The number of nitrogens with one attached hydrogen (secondary N) is 1.